The molecule has 0 atom stereocenters. The van der Waals surface area contributed by atoms with Crippen LogP contribution in [0.5, 0.6) is 0 Å². The van der Waals surface area contributed by atoms with Gasteiger partial charge in [0.2, 0.25) is 5.91 Å². The third-order valence-corrected chi connectivity index (χ3v) is 3.11. The van der Waals surface area contributed by atoms with Gasteiger partial charge < -0.3 is 9.64 Å². The number of likely N-dealkylation sites (N-methyl/N-ethyl adjacent to an activating group) is 1. The van der Waals surface area contributed by atoms with Gasteiger partial charge in [0.25, 0.3) is 0 Å². The highest BCUT2D eigenvalue weighted by Crippen LogP contribution is 2.07. The van der Waals surface area contributed by atoms with Crippen LogP contribution in [0.3, 0.4) is 0 Å². The van der Waals surface area contributed by atoms with Crippen LogP contribution in [0.1, 0.15) is 31.4 Å². The minimum absolute atomic E-state index is 0.0128. The van der Waals surface area contributed by atoms with E-state index in [0.29, 0.717) is 26.0 Å². The summed E-state index contributed by atoms with van der Waals surface area (Å²) in [5.41, 5.74) is 2.34. The van der Waals surface area contributed by atoms with Crippen molar-refractivity contribution in [3.8, 4) is 0 Å². The van der Waals surface area contributed by atoms with Gasteiger partial charge in [0.05, 0.1) is 6.61 Å². The smallest absolute Gasteiger partial charge is 0.325 e. The van der Waals surface area contributed by atoms with Crippen LogP contribution in [-0.4, -0.2) is 36.5 Å². The molecule has 0 heterocycles. The van der Waals surface area contributed by atoms with Crippen LogP contribution in [-0.2, 0) is 20.7 Å². The van der Waals surface area contributed by atoms with Gasteiger partial charge in [-0.2, -0.15) is 0 Å². The van der Waals surface area contributed by atoms with Crippen LogP contribution in [0.4, 0.5) is 0 Å². The van der Waals surface area contributed by atoms with E-state index in [0.717, 1.165) is 5.56 Å². The first-order valence-corrected chi connectivity index (χ1v) is 7.05. The summed E-state index contributed by atoms with van der Waals surface area (Å²) in [7, 11) is 0. The third kappa shape index (κ3) is 5.43. The SMILES string of the molecule is CCOC(=O)CN(CC)C(=O)CCc1ccc(C)cc1. The van der Waals surface area contributed by atoms with Crippen molar-refractivity contribution in [2.45, 2.75) is 33.6 Å². The van der Waals surface area contributed by atoms with Gasteiger partial charge in [0, 0.05) is 13.0 Å². The summed E-state index contributed by atoms with van der Waals surface area (Å²) >= 11 is 0. The van der Waals surface area contributed by atoms with Crippen LogP contribution >= 0.6 is 0 Å². The molecule has 0 aliphatic rings. The van der Waals surface area contributed by atoms with Crippen molar-refractivity contribution < 1.29 is 14.3 Å². The fourth-order valence-electron chi connectivity index (χ4n) is 1.90. The Labute approximate surface area is 120 Å². The Morgan fingerprint density at radius 1 is 1.15 bits per heavy atom. The monoisotopic (exact) mass is 277 g/mol. The van der Waals surface area contributed by atoms with E-state index in [9.17, 15) is 9.59 Å². The number of hydrogen-bond acceptors (Lipinski definition) is 3. The van der Waals surface area contributed by atoms with E-state index in [4.69, 9.17) is 4.74 Å². The summed E-state index contributed by atoms with van der Waals surface area (Å²) < 4.78 is 4.87. The average molecular weight is 277 g/mol. The van der Waals surface area contributed by atoms with Crippen LogP contribution < -0.4 is 0 Å². The van der Waals surface area contributed by atoms with Gasteiger partial charge in [-0.15, -0.1) is 0 Å². The number of rotatable bonds is 7. The van der Waals surface area contributed by atoms with Gasteiger partial charge in [0.1, 0.15) is 6.54 Å². The summed E-state index contributed by atoms with van der Waals surface area (Å²) in [4.78, 5) is 25.0. The number of carbonyl (C=O) groups excluding carboxylic acids is 2. The van der Waals surface area contributed by atoms with Gasteiger partial charge in [-0.25, -0.2) is 0 Å². The molecular weight excluding hydrogens is 254 g/mol. The lowest BCUT2D eigenvalue weighted by molar-refractivity contribution is -0.148. The number of amides is 1. The Balaban J connectivity index is 2.46. The molecule has 1 amide bonds. The first kappa shape index (κ1) is 16.2. The first-order chi connectivity index (χ1) is 9.56. The topological polar surface area (TPSA) is 46.6 Å². The van der Waals surface area contributed by atoms with Crippen molar-refractivity contribution in [2.24, 2.45) is 0 Å². The molecule has 1 aromatic carbocycles. The molecule has 0 N–H and O–H groups in total. The zero-order valence-corrected chi connectivity index (χ0v) is 12.5. The fourth-order valence-corrected chi connectivity index (χ4v) is 1.90. The summed E-state index contributed by atoms with van der Waals surface area (Å²) in [5.74, 6) is -0.362. The zero-order chi connectivity index (χ0) is 15.0. The minimum atomic E-state index is -0.349. The van der Waals surface area contributed by atoms with Gasteiger partial charge in [-0.05, 0) is 32.8 Å². The molecule has 0 aromatic heterocycles. The number of esters is 1. The summed E-state index contributed by atoms with van der Waals surface area (Å²) in [5, 5.41) is 0. The lowest BCUT2D eigenvalue weighted by Crippen LogP contribution is -2.36. The average Bonchev–Trinajstić information content (AvgIpc) is 2.44. The van der Waals surface area contributed by atoms with Crippen molar-refractivity contribution in [2.75, 3.05) is 19.7 Å². The van der Waals surface area contributed by atoms with E-state index >= 15 is 0 Å². The lowest BCUT2D eigenvalue weighted by atomic mass is 10.1. The second kappa shape index (κ2) is 8.35. The summed E-state index contributed by atoms with van der Waals surface area (Å²) in [6.07, 6.45) is 1.11. The van der Waals surface area contributed by atoms with Crippen LogP contribution in [0.2, 0.25) is 0 Å². The molecule has 0 saturated heterocycles. The highest BCUT2D eigenvalue weighted by atomic mass is 16.5. The van der Waals surface area contributed by atoms with E-state index < -0.39 is 0 Å². The van der Waals surface area contributed by atoms with E-state index in [2.05, 4.69) is 0 Å². The van der Waals surface area contributed by atoms with Crippen molar-refractivity contribution in [3.05, 3.63) is 35.4 Å². The van der Waals surface area contributed by atoms with Crippen LogP contribution in [0.15, 0.2) is 24.3 Å². The zero-order valence-electron chi connectivity index (χ0n) is 12.5. The Bertz CT molecular complexity index is 440. The van der Waals surface area contributed by atoms with E-state index in [1.54, 1.807) is 6.92 Å². The number of nitrogens with zero attached hydrogens (tertiary/aromatic N) is 1. The molecule has 0 unspecified atom stereocenters. The van der Waals surface area contributed by atoms with Crippen molar-refractivity contribution >= 4 is 11.9 Å². The highest BCUT2D eigenvalue weighted by Gasteiger charge is 2.15. The van der Waals surface area contributed by atoms with E-state index in [-0.39, 0.29) is 18.4 Å². The molecule has 0 radical (unpaired) electrons. The maximum Gasteiger partial charge on any atom is 0.325 e. The lowest BCUT2D eigenvalue weighted by Gasteiger charge is -2.19. The Hall–Kier alpha value is -1.84. The molecule has 0 bridgehead atoms. The third-order valence-electron chi connectivity index (χ3n) is 3.11. The Morgan fingerprint density at radius 2 is 1.80 bits per heavy atom. The number of hydrogen-bond donors (Lipinski definition) is 0. The number of ether oxygens (including phenoxy) is 1. The first-order valence-electron chi connectivity index (χ1n) is 7.05. The maximum absolute atomic E-state index is 12.1. The molecule has 4 heteroatoms. The molecule has 0 fully saturated rings. The van der Waals surface area contributed by atoms with Gasteiger partial charge in [-0.3, -0.25) is 9.59 Å². The van der Waals surface area contributed by atoms with Crippen molar-refractivity contribution in [3.63, 3.8) is 0 Å². The molecule has 110 valence electrons. The van der Waals surface area contributed by atoms with Crippen molar-refractivity contribution in [1.29, 1.82) is 0 Å². The quantitative estimate of drug-likeness (QED) is 0.719. The molecular formula is C16H23NO3. The number of aryl methyl sites for hydroxylation is 2. The second-order valence-electron chi connectivity index (χ2n) is 4.70. The maximum atomic E-state index is 12.1. The molecule has 0 aliphatic carbocycles. The van der Waals surface area contributed by atoms with Gasteiger partial charge in [-0.1, -0.05) is 29.8 Å². The van der Waals surface area contributed by atoms with Crippen LogP contribution in [0, 0.1) is 6.92 Å². The normalized spacial score (nSPS) is 10.2. The van der Waals surface area contributed by atoms with E-state index in [1.807, 2.05) is 38.1 Å². The predicted octanol–water partition coefficient (Wildman–Crippen LogP) is 2.34. The van der Waals surface area contributed by atoms with Crippen LogP contribution in [0.25, 0.3) is 0 Å². The molecule has 0 aliphatic heterocycles. The Morgan fingerprint density at radius 3 is 2.35 bits per heavy atom. The highest BCUT2D eigenvalue weighted by molar-refractivity contribution is 5.82. The summed E-state index contributed by atoms with van der Waals surface area (Å²) in [6.45, 7) is 6.56. The van der Waals surface area contributed by atoms with Gasteiger partial charge >= 0.3 is 5.97 Å². The number of benzene rings is 1. The molecule has 1 aromatic rings. The van der Waals surface area contributed by atoms with Crippen molar-refractivity contribution in [1.82, 2.24) is 4.90 Å². The minimum Gasteiger partial charge on any atom is -0.465 e. The standard InChI is InChI=1S/C16H23NO3/c1-4-17(12-16(19)20-5-2)15(18)11-10-14-8-6-13(3)7-9-14/h6-9H,4-5,10-12H2,1-3H3. The number of carbonyl (C=O) groups is 2. The predicted molar refractivity (Wildman–Crippen MR) is 78.4 cm³/mol. The fraction of sp³-hybridized carbons (Fsp3) is 0.500. The molecule has 1 rings (SSSR count). The second-order valence-corrected chi connectivity index (χ2v) is 4.70. The van der Waals surface area contributed by atoms with Gasteiger partial charge in [0.15, 0.2) is 0 Å². The van der Waals surface area contributed by atoms with E-state index in [1.165, 1.54) is 10.5 Å². The molecule has 0 spiro atoms. The molecule has 20 heavy (non-hydrogen) atoms. The summed E-state index contributed by atoms with van der Waals surface area (Å²) in [6, 6.07) is 8.14. The molecule has 0 saturated carbocycles. The largest absolute Gasteiger partial charge is 0.465 e. The Kier molecular flexibility index (Phi) is 6.77. The molecule has 4 nitrogen and oxygen atoms in total.